The molecule has 8 nitrogen and oxygen atoms in total. The maximum absolute atomic E-state index is 12.9. The summed E-state index contributed by atoms with van der Waals surface area (Å²) in [7, 11) is 0. The summed E-state index contributed by atoms with van der Waals surface area (Å²) in [6.45, 7) is 13.4. The Bertz CT molecular complexity index is 1070. The van der Waals surface area contributed by atoms with Crippen molar-refractivity contribution in [1.29, 1.82) is 0 Å². The van der Waals surface area contributed by atoms with Crippen LogP contribution >= 0.6 is 0 Å². The molecule has 8 heteroatoms. The zero-order valence-electron chi connectivity index (χ0n) is 21.0. The van der Waals surface area contributed by atoms with Crippen molar-refractivity contribution >= 4 is 11.9 Å². The third-order valence-electron chi connectivity index (χ3n) is 6.68. The first-order valence-corrected chi connectivity index (χ1v) is 11.9. The number of rotatable bonds is 7. The van der Waals surface area contributed by atoms with E-state index in [0.717, 1.165) is 11.4 Å². The lowest BCUT2D eigenvalue weighted by molar-refractivity contribution is -0.159. The fourth-order valence-corrected chi connectivity index (χ4v) is 4.87. The molecule has 0 N–H and O–H groups in total. The number of nitrogens with zero attached hydrogens (tertiary/aromatic N) is 4. The third-order valence-corrected chi connectivity index (χ3v) is 6.68. The molecule has 34 heavy (non-hydrogen) atoms. The molecule has 0 bridgehead atoms. The van der Waals surface area contributed by atoms with Gasteiger partial charge >= 0.3 is 11.9 Å². The summed E-state index contributed by atoms with van der Waals surface area (Å²) in [5.74, 6) is 0.210. The largest absolute Gasteiger partial charge is 0.460 e. The van der Waals surface area contributed by atoms with E-state index in [1.54, 1.807) is 12.4 Å². The van der Waals surface area contributed by atoms with Gasteiger partial charge in [0.15, 0.2) is 0 Å². The number of ether oxygens (including phenoxy) is 2. The first-order chi connectivity index (χ1) is 15.9. The van der Waals surface area contributed by atoms with E-state index in [9.17, 15) is 9.59 Å². The first kappa shape index (κ1) is 24.2. The van der Waals surface area contributed by atoms with Crippen LogP contribution in [0.15, 0.2) is 30.9 Å². The van der Waals surface area contributed by atoms with Crippen LogP contribution in [0.3, 0.4) is 0 Å². The van der Waals surface area contributed by atoms with Gasteiger partial charge in [-0.3, -0.25) is 9.59 Å². The van der Waals surface area contributed by atoms with E-state index < -0.39 is 11.2 Å². The summed E-state index contributed by atoms with van der Waals surface area (Å²) in [5, 5.41) is 0. The van der Waals surface area contributed by atoms with Crippen LogP contribution in [0, 0.1) is 23.7 Å². The fraction of sp³-hybridized carbons (Fsp3) is 0.615. The minimum atomic E-state index is -0.770. The Morgan fingerprint density at radius 1 is 0.853 bits per heavy atom. The van der Waals surface area contributed by atoms with E-state index in [1.165, 1.54) is 6.33 Å². The fourth-order valence-electron chi connectivity index (χ4n) is 4.87. The predicted octanol–water partition coefficient (Wildman–Crippen LogP) is 3.87. The van der Waals surface area contributed by atoms with Crippen molar-refractivity contribution in [2.75, 3.05) is 0 Å². The Balaban J connectivity index is 1.38. The van der Waals surface area contributed by atoms with Crippen molar-refractivity contribution in [1.82, 2.24) is 19.9 Å². The van der Waals surface area contributed by atoms with Gasteiger partial charge in [0.25, 0.3) is 0 Å². The average Bonchev–Trinajstić information content (AvgIpc) is 3.60. The zero-order valence-corrected chi connectivity index (χ0v) is 21.0. The summed E-state index contributed by atoms with van der Waals surface area (Å²) in [4.78, 5) is 42.8. The van der Waals surface area contributed by atoms with Crippen LogP contribution in [0.2, 0.25) is 0 Å². The molecular weight excluding hydrogens is 432 g/mol. The van der Waals surface area contributed by atoms with E-state index in [-0.39, 0.29) is 47.4 Å². The number of hydrogen-bond acceptors (Lipinski definition) is 8. The highest BCUT2D eigenvalue weighted by molar-refractivity contribution is 5.79. The number of esters is 2. The van der Waals surface area contributed by atoms with E-state index in [4.69, 9.17) is 14.5 Å². The van der Waals surface area contributed by atoms with Crippen molar-refractivity contribution in [3.63, 3.8) is 0 Å². The van der Waals surface area contributed by atoms with Crippen LogP contribution in [0.25, 0.3) is 0 Å². The van der Waals surface area contributed by atoms with Crippen LogP contribution in [-0.4, -0.2) is 43.1 Å². The van der Waals surface area contributed by atoms with E-state index in [0.29, 0.717) is 12.2 Å². The van der Waals surface area contributed by atoms with Gasteiger partial charge < -0.3 is 9.47 Å². The molecule has 2 aromatic heterocycles. The molecule has 2 aliphatic rings. The maximum atomic E-state index is 12.9. The second-order valence-corrected chi connectivity index (χ2v) is 11.2. The molecular formula is C26H34N4O4. The maximum Gasteiger partial charge on any atom is 0.310 e. The summed E-state index contributed by atoms with van der Waals surface area (Å²) >= 11 is 0. The number of carbonyl (C=O) groups excluding carboxylic acids is 2. The summed E-state index contributed by atoms with van der Waals surface area (Å²) in [6, 6.07) is 3.70. The standard InChI is InChI=1S/C26H34N4O4/c1-14-19(16-8-10-27-13-29-16)21(14)24(32)34-26(6,7)12-18-28-11-9-17(30-18)20-15(2)22(20)23(31)33-25(3,4)5/h8-11,13-15,19-22H,12H2,1-7H3/t14-,15+,19+,20+,21-,22-/m0/s1. The van der Waals surface area contributed by atoms with Gasteiger partial charge in [-0.15, -0.1) is 0 Å². The van der Waals surface area contributed by atoms with E-state index in [2.05, 4.69) is 15.0 Å². The minimum absolute atomic E-state index is 0.0168. The van der Waals surface area contributed by atoms with Crippen molar-refractivity contribution in [3.05, 3.63) is 48.1 Å². The highest BCUT2D eigenvalue weighted by Crippen LogP contribution is 2.55. The molecule has 2 fully saturated rings. The topological polar surface area (TPSA) is 104 Å². The van der Waals surface area contributed by atoms with Gasteiger partial charge in [-0.2, -0.15) is 0 Å². The molecule has 0 radical (unpaired) electrons. The molecule has 2 aromatic rings. The minimum Gasteiger partial charge on any atom is -0.460 e. The highest BCUT2D eigenvalue weighted by atomic mass is 16.6. The molecule has 0 amide bonds. The van der Waals surface area contributed by atoms with Crippen molar-refractivity contribution in [2.45, 2.75) is 77.9 Å². The molecule has 0 aromatic carbocycles. The normalized spacial score (nSPS) is 28.2. The van der Waals surface area contributed by atoms with Gasteiger partial charge in [0.2, 0.25) is 0 Å². The van der Waals surface area contributed by atoms with E-state index in [1.807, 2.05) is 60.6 Å². The lowest BCUT2D eigenvalue weighted by atomic mass is 10.0. The molecule has 0 unspecified atom stereocenters. The second-order valence-electron chi connectivity index (χ2n) is 11.2. The smallest absolute Gasteiger partial charge is 0.310 e. The van der Waals surface area contributed by atoms with E-state index >= 15 is 0 Å². The quantitative estimate of drug-likeness (QED) is 0.567. The predicted molar refractivity (Wildman–Crippen MR) is 125 cm³/mol. The molecule has 2 saturated carbocycles. The van der Waals surface area contributed by atoms with Gasteiger partial charge in [-0.1, -0.05) is 13.8 Å². The molecule has 0 saturated heterocycles. The molecule has 182 valence electrons. The number of carbonyl (C=O) groups is 2. The van der Waals surface area contributed by atoms with Crippen molar-refractivity contribution < 1.29 is 19.1 Å². The van der Waals surface area contributed by atoms with Crippen molar-refractivity contribution in [3.8, 4) is 0 Å². The Morgan fingerprint density at radius 2 is 1.44 bits per heavy atom. The van der Waals surface area contributed by atoms with Crippen LogP contribution in [0.4, 0.5) is 0 Å². The van der Waals surface area contributed by atoms with Gasteiger partial charge in [0.1, 0.15) is 23.4 Å². The molecule has 6 atom stereocenters. The number of hydrogen-bond donors (Lipinski definition) is 0. The monoisotopic (exact) mass is 466 g/mol. The van der Waals surface area contributed by atoms with Gasteiger partial charge in [-0.05, 0) is 58.6 Å². The molecule has 0 aliphatic heterocycles. The number of aromatic nitrogens is 4. The lowest BCUT2D eigenvalue weighted by Gasteiger charge is -2.24. The van der Waals surface area contributed by atoms with Crippen LogP contribution < -0.4 is 0 Å². The third kappa shape index (κ3) is 5.26. The van der Waals surface area contributed by atoms with Gasteiger partial charge in [-0.25, -0.2) is 19.9 Å². The molecule has 4 rings (SSSR count). The zero-order chi connectivity index (χ0) is 24.8. The Morgan fingerprint density at radius 3 is 2.03 bits per heavy atom. The summed E-state index contributed by atoms with van der Waals surface area (Å²) < 4.78 is 11.5. The molecule has 2 heterocycles. The summed E-state index contributed by atoms with van der Waals surface area (Å²) in [6.07, 6.45) is 5.29. The van der Waals surface area contributed by atoms with Gasteiger partial charge in [0.05, 0.1) is 11.8 Å². The highest BCUT2D eigenvalue weighted by Gasteiger charge is 2.56. The summed E-state index contributed by atoms with van der Waals surface area (Å²) in [5.41, 5.74) is 0.417. The van der Waals surface area contributed by atoms with Crippen LogP contribution in [-0.2, 0) is 25.5 Å². The Labute approximate surface area is 200 Å². The average molecular weight is 467 g/mol. The first-order valence-electron chi connectivity index (χ1n) is 11.9. The molecule has 0 spiro atoms. The lowest BCUT2D eigenvalue weighted by Crippen LogP contribution is -2.32. The Hall–Kier alpha value is -2.90. The van der Waals surface area contributed by atoms with Crippen LogP contribution in [0.1, 0.15) is 77.5 Å². The SMILES string of the molecule is C[C@@H]1[C@H](C(=O)OC(C)(C)Cc2nccc([C@H]3[C@@H](C)[C@@H]3C(=O)OC(C)(C)C)n2)[C@H]1c1ccncn1. The van der Waals surface area contributed by atoms with Crippen LogP contribution in [0.5, 0.6) is 0 Å². The van der Waals surface area contributed by atoms with Crippen molar-refractivity contribution in [2.24, 2.45) is 23.7 Å². The van der Waals surface area contributed by atoms with Gasteiger partial charge in [0, 0.05) is 42.0 Å². The Kier molecular flexibility index (Phi) is 6.21. The second kappa shape index (κ2) is 8.71. The molecule has 2 aliphatic carbocycles.